The molecule has 7 nitrogen and oxygen atoms in total. The van der Waals surface area contributed by atoms with Gasteiger partial charge in [-0.3, -0.25) is 10.1 Å². The van der Waals surface area contributed by atoms with Crippen molar-refractivity contribution in [1.82, 2.24) is 4.90 Å². The van der Waals surface area contributed by atoms with E-state index in [2.05, 4.69) is 11.8 Å². The van der Waals surface area contributed by atoms with Crippen molar-refractivity contribution in [1.29, 1.82) is 0 Å². The molecule has 4 rings (SSSR count). The highest BCUT2D eigenvalue weighted by molar-refractivity contribution is 5.68. The minimum Gasteiger partial charge on any atom is -0.445 e. The molecule has 0 atom stereocenters. The molecular weight excluding hydrogens is 437 g/mol. The van der Waals surface area contributed by atoms with Crippen LogP contribution in [-0.2, 0) is 11.3 Å². The summed E-state index contributed by atoms with van der Waals surface area (Å²) in [5.41, 5.74) is 3.00. The molecule has 0 saturated carbocycles. The van der Waals surface area contributed by atoms with Crippen LogP contribution in [0, 0.1) is 27.8 Å². The number of anilines is 1. The number of halogens is 1. The van der Waals surface area contributed by atoms with Gasteiger partial charge in [0.1, 0.15) is 6.61 Å². The number of non-ortho nitro benzene ring substituents is 1. The summed E-state index contributed by atoms with van der Waals surface area (Å²) in [6.45, 7) is 2.33. The van der Waals surface area contributed by atoms with E-state index in [1.165, 1.54) is 12.1 Å². The number of nitro benzene ring substituents is 1. The van der Waals surface area contributed by atoms with Crippen LogP contribution in [0.1, 0.15) is 18.4 Å². The third-order valence-corrected chi connectivity index (χ3v) is 5.75. The molecule has 2 aliphatic rings. The molecule has 2 aliphatic heterocycles. The molecule has 0 saturated heterocycles. The molecule has 0 radical (unpaired) electrons. The van der Waals surface area contributed by atoms with Crippen molar-refractivity contribution in [2.45, 2.75) is 19.4 Å². The largest absolute Gasteiger partial charge is 0.445 e. The molecule has 0 spiro atoms. The molecule has 174 valence electrons. The van der Waals surface area contributed by atoms with Crippen LogP contribution in [0.4, 0.5) is 20.6 Å². The molecular formula is C26H24FN3O4. The maximum Gasteiger partial charge on any atom is 0.410 e. The molecule has 2 aromatic carbocycles. The lowest BCUT2D eigenvalue weighted by Gasteiger charge is -2.27. The van der Waals surface area contributed by atoms with Gasteiger partial charge >= 0.3 is 6.09 Å². The van der Waals surface area contributed by atoms with Crippen molar-refractivity contribution in [2.75, 3.05) is 31.1 Å². The molecule has 0 aromatic heterocycles. The minimum atomic E-state index is -0.608. The van der Waals surface area contributed by atoms with Crippen molar-refractivity contribution in [3.05, 3.63) is 93.3 Å². The first-order chi connectivity index (χ1) is 16.5. The van der Waals surface area contributed by atoms with E-state index >= 15 is 0 Å². The Morgan fingerprint density at radius 1 is 1.03 bits per heavy atom. The van der Waals surface area contributed by atoms with Gasteiger partial charge in [0, 0.05) is 43.4 Å². The number of nitrogens with zero attached hydrogens (tertiary/aromatic N) is 3. The zero-order valence-corrected chi connectivity index (χ0v) is 18.6. The highest BCUT2D eigenvalue weighted by Crippen LogP contribution is 2.26. The van der Waals surface area contributed by atoms with Gasteiger partial charge in [0.05, 0.1) is 16.7 Å². The predicted octanol–water partition coefficient (Wildman–Crippen LogP) is 4.84. The minimum absolute atomic E-state index is 0.251. The Labute approximate surface area is 197 Å². The first-order valence-corrected chi connectivity index (χ1v) is 11.0. The lowest BCUT2D eigenvalue weighted by molar-refractivity contribution is -0.385. The third kappa shape index (κ3) is 5.81. The number of hydrogen-bond acceptors (Lipinski definition) is 5. The second-order valence-corrected chi connectivity index (χ2v) is 8.03. The normalized spacial score (nSPS) is 15.6. The number of carbonyl (C=O) groups excluding carboxylic acids is 1. The second-order valence-electron chi connectivity index (χ2n) is 8.03. The topological polar surface area (TPSA) is 75.9 Å². The monoisotopic (exact) mass is 461 g/mol. The maximum absolute atomic E-state index is 14.3. The SMILES string of the molecule is O=C(OCc1ccccc1)N1CC=C(C#CC2=CCN(c3ccc([N+](=O)[O-])cc3F)CC2)CC1. The molecule has 0 unspecified atom stereocenters. The molecule has 0 fully saturated rings. The Balaban J connectivity index is 1.28. The molecule has 0 aliphatic carbocycles. The van der Waals surface area contributed by atoms with E-state index < -0.39 is 10.7 Å². The van der Waals surface area contributed by atoms with Gasteiger partial charge < -0.3 is 14.5 Å². The van der Waals surface area contributed by atoms with Crippen LogP contribution in [0.25, 0.3) is 0 Å². The maximum atomic E-state index is 14.3. The van der Waals surface area contributed by atoms with E-state index in [9.17, 15) is 19.3 Å². The molecule has 34 heavy (non-hydrogen) atoms. The number of ether oxygens (including phenoxy) is 1. The Kier molecular flexibility index (Phi) is 7.23. The van der Waals surface area contributed by atoms with Gasteiger partial charge in [-0.1, -0.05) is 54.3 Å². The highest BCUT2D eigenvalue weighted by atomic mass is 19.1. The number of hydrogen-bond donors (Lipinski definition) is 0. The fourth-order valence-electron chi connectivity index (χ4n) is 3.79. The molecule has 2 heterocycles. The summed E-state index contributed by atoms with van der Waals surface area (Å²) in [7, 11) is 0. The van der Waals surface area contributed by atoms with Gasteiger partial charge in [-0.05, 0) is 24.5 Å². The predicted molar refractivity (Wildman–Crippen MR) is 127 cm³/mol. The molecule has 0 bridgehead atoms. The fourth-order valence-corrected chi connectivity index (χ4v) is 3.79. The number of rotatable bonds is 4. The van der Waals surface area contributed by atoms with Crippen molar-refractivity contribution in [3.8, 4) is 11.8 Å². The first-order valence-electron chi connectivity index (χ1n) is 11.0. The van der Waals surface area contributed by atoms with E-state index in [4.69, 9.17) is 4.74 Å². The Morgan fingerprint density at radius 3 is 2.32 bits per heavy atom. The van der Waals surface area contributed by atoms with Gasteiger partial charge in [0.2, 0.25) is 0 Å². The fraction of sp³-hybridized carbons (Fsp3) is 0.269. The van der Waals surface area contributed by atoms with Crippen LogP contribution in [-0.4, -0.2) is 42.1 Å². The quantitative estimate of drug-likeness (QED) is 0.370. The van der Waals surface area contributed by atoms with Crippen LogP contribution in [0.15, 0.2) is 71.8 Å². The van der Waals surface area contributed by atoms with Gasteiger partial charge in [-0.25, -0.2) is 9.18 Å². The highest BCUT2D eigenvalue weighted by Gasteiger charge is 2.19. The summed E-state index contributed by atoms with van der Waals surface area (Å²) in [6, 6.07) is 13.3. The van der Waals surface area contributed by atoms with Crippen LogP contribution in [0.3, 0.4) is 0 Å². The summed E-state index contributed by atoms with van der Waals surface area (Å²) in [5.74, 6) is 5.78. The molecule has 1 amide bonds. The van der Waals surface area contributed by atoms with Crippen LogP contribution in [0.5, 0.6) is 0 Å². The van der Waals surface area contributed by atoms with E-state index in [0.717, 1.165) is 22.8 Å². The average molecular weight is 461 g/mol. The van der Waals surface area contributed by atoms with Gasteiger partial charge in [-0.2, -0.15) is 0 Å². The summed E-state index contributed by atoms with van der Waals surface area (Å²) >= 11 is 0. The Morgan fingerprint density at radius 2 is 1.74 bits per heavy atom. The van der Waals surface area contributed by atoms with Crippen LogP contribution < -0.4 is 4.90 Å². The van der Waals surface area contributed by atoms with Crippen molar-refractivity contribution >= 4 is 17.5 Å². The summed E-state index contributed by atoms with van der Waals surface area (Å²) in [4.78, 5) is 25.9. The average Bonchev–Trinajstić information content (AvgIpc) is 2.87. The van der Waals surface area contributed by atoms with Crippen molar-refractivity contribution in [2.24, 2.45) is 0 Å². The number of benzene rings is 2. The Hall–Kier alpha value is -4.12. The van der Waals surface area contributed by atoms with E-state index in [-0.39, 0.29) is 18.4 Å². The van der Waals surface area contributed by atoms with Gasteiger partial charge in [0.15, 0.2) is 5.82 Å². The number of nitro groups is 1. The molecule has 2 aromatic rings. The summed E-state index contributed by atoms with van der Waals surface area (Å²) in [6.07, 6.45) is 4.90. The summed E-state index contributed by atoms with van der Waals surface area (Å²) < 4.78 is 19.6. The lowest BCUT2D eigenvalue weighted by atomic mass is 10.0. The van der Waals surface area contributed by atoms with Gasteiger partial charge in [0.25, 0.3) is 5.69 Å². The van der Waals surface area contributed by atoms with Crippen LogP contribution in [0.2, 0.25) is 0 Å². The van der Waals surface area contributed by atoms with E-state index in [0.29, 0.717) is 44.7 Å². The zero-order chi connectivity index (χ0) is 23.9. The van der Waals surface area contributed by atoms with Crippen molar-refractivity contribution < 1.29 is 18.8 Å². The van der Waals surface area contributed by atoms with E-state index in [1.807, 2.05) is 47.4 Å². The van der Waals surface area contributed by atoms with E-state index in [1.54, 1.807) is 4.90 Å². The van der Waals surface area contributed by atoms with Crippen LogP contribution >= 0.6 is 0 Å². The number of amides is 1. The standard InChI is InChI=1S/C26H24FN3O4/c27-24-18-23(30(32)33)8-9-25(24)28-14-10-20(11-15-28)6-7-21-12-16-29(17-13-21)26(31)34-19-22-4-2-1-3-5-22/h1-5,8-10,12,18H,11,13-17,19H2. The smallest absolute Gasteiger partial charge is 0.410 e. The Bertz CT molecular complexity index is 1200. The number of carbonyl (C=O) groups is 1. The zero-order valence-electron chi connectivity index (χ0n) is 18.6. The third-order valence-electron chi connectivity index (χ3n) is 5.75. The van der Waals surface area contributed by atoms with Crippen molar-refractivity contribution in [3.63, 3.8) is 0 Å². The molecule has 8 heteroatoms. The second kappa shape index (κ2) is 10.7. The first kappa shape index (κ1) is 23.1. The lowest BCUT2D eigenvalue weighted by Crippen LogP contribution is -2.35. The van der Waals surface area contributed by atoms with Gasteiger partial charge in [-0.15, -0.1) is 0 Å². The molecule has 0 N–H and O–H groups in total. The summed E-state index contributed by atoms with van der Waals surface area (Å²) in [5, 5.41) is 10.8.